The predicted octanol–water partition coefficient (Wildman–Crippen LogP) is 2.18. The van der Waals surface area contributed by atoms with E-state index < -0.39 is 0 Å². The molecule has 3 rings (SSSR count). The van der Waals surface area contributed by atoms with Crippen LogP contribution in [0.3, 0.4) is 0 Å². The number of thiazole rings is 1. The molecule has 0 amide bonds. The van der Waals surface area contributed by atoms with Crippen LogP contribution in [0, 0.1) is 11.8 Å². The van der Waals surface area contributed by atoms with Crippen LogP contribution in [-0.2, 0) is 0 Å². The highest BCUT2D eigenvalue weighted by molar-refractivity contribution is 7.13. The molecule has 2 N–H and O–H groups in total. The van der Waals surface area contributed by atoms with E-state index in [4.69, 9.17) is 5.21 Å². The second-order valence-corrected chi connectivity index (χ2v) is 5.15. The van der Waals surface area contributed by atoms with Gasteiger partial charge >= 0.3 is 0 Å². The maximum Gasteiger partial charge on any atom is 0.183 e. The highest BCUT2D eigenvalue weighted by Crippen LogP contribution is 2.44. The molecule has 0 aliphatic heterocycles. The maximum absolute atomic E-state index is 9.02. The van der Waals surface area contributed by atoms with Gasteiger partial charge in [0.05, 0.1) is 11.8 Å². The van der Waals surface area contributed by atoms with Gasteiger partial charge in [-0.05, 0) is 25.2 Å². The standard InChI is InChI=1S/C10H13N3OS/c14-13-9-7-2-1-6(5-7)8(9)12-10-11-3-4-15-10/h3-4,6-8,14H,1-2,5H2,(H,11,12)/b13-9+/t6-,7+,8-/m1/s1. The number of nitrogens with zero attached hydrogens (tertiary/aromatic N) is 2. The van der Waals surface area contributed by atoms with Crippen molar-refractivity contribution in [2.75, 3.05) is 5.32 Å². The summed E-state index contributed by atoms with van der Waals surface area (Å²) in [6.07, 6.45) is 5.38. The van der Waals surface area contributed by atoms with Gasteiger partial charge in [-0.2, -0.15) is 0 Å². The van der Waals surface area contributed by atoms with Gasteiger partial charge in [0.1, 0.15) is 0 Å². The Morgan fingerprint density at radius 3 is 3.20 bits per heavy atom. The molecule has 0 radical (unpaired) electrons. The summed E-state index contributed by atoms with van der Waals surface area (Å²) in [6.45, 7) is 0. The Bertz CT molecular complexity index is 376. The zero-order valence-corrected chi connectivity index (χ0v) is 9.07. The van der Waals surface area contributed by atoms with Crippen LogP contribution < -0.4 is 5.32 Å². The van der Waals surface area contributed by atoms with Gasteiger partial charge in [0.2, 0.25) is 0 Å². The number of fused-ring (bicyclic) bond motifs is 2. The summed E-state index contributed by atoms with van der Waals surface area (Å²) >= 11 is 1.59. The van der Waals surface area contributed by atoms with Gasteiger partial charge in [-0.3, -0.25) is 0 Å². The Morgan fingerprint density at radius 1 is 1.53 bits per heavy atom. The van der Waals surface area contributed by atoms with E-state index >= 15 is 0 Å². The van der Waals surface area contributed by atoms with Crippen molar-refractivity contribution < 1.29 is 5.21 Å². The van der Waals surface area contributed by atoms with E-state index in [0.29, 0.717) is 11.8 Å². The van der Waals surface area contributed by atoms with Crippen molar-refractivity contribution in [1.82, 2.24) is 4.98 Å². The molecule has 0 spiro atoms. The van der Waals surface area contributed by atoms with Crippen molar-refractivity contribution in [2.24, 2.45) is 17.0 Å². The van der Waals surface area contributed by atoms with Crippen molar-refractivity contribution in [3.05, 3.63) is 11.6 Å². The molecule has 3 atom stereocenters. The molecular formula is C10H13N3OS. The van der Waals surface area contributed by atoms with Crippen molar-refractivity contribution in [1.29, 1.82) is 0 Å². The van der Waals surface area contributed by atoms with E-state index in [0.717, 1.165) is 10.8 Å². The molecule has 2 fully saturated rings. The molecule has 0 unspecified atom stereocenters. The molecule has 1 aromatic heterocycles. The number of nitrogens with one attached hydrogen (secondary N) is 1. The van der Waals surface area contributed by atoms with Gasteiger partial charge in [-0.1, -0.05) is 5.16 Å². The normalized spacial score (nSPS) is 36.3. The molecule has 5 heteroatoms. The predicted molar refractivity (Wildman–Crippen MR) is 59.6 cm³/mol. The number of rotatable bonds is 2. The average Bonchev–Trinajstić information content (AvgIpc) is 2.91. The third-order valence-corrected chi connectivity index (χ3v) is 4.21. The lowest BCUT2D eigenvalue weighted by atomic mass is 9.93. The molecule has 2 saturated carbocycles. The molecule has 1 heterocycles. The van der Waals surface area contributed by atoms with Gasteiger partial charge in [-0.25, -0.2) is 4.98 Å². The zero-order valence-electron chi connectivity index (χ0n) is 8.26. The molecular weight excluding hydrogens is 210 g/mol. The molecule has 2 aliphatic carbocycles. The van der Waals surface area contributed by atoms with E-state index in [1.54, 1.807) is 17.5 Å². The molecule has 15 heavy (non-hydrogen) atoms. The lowest BCUT2D eigenvalue weighted by Crippen LogP contribution is -2.35. The van der Waals surface area contributed by atoms with Crippen LogP contribution in [0.2, 0.25) is 0 Å². The van der Waals surface area contributed by atoms with Gasteiger partial charge in [0.25, 0.3) is 0 Å². The van der Waals surface area contributed by atoms with E-state index in [2.05, 4.69) is 15.5 Å². The lowest BCUT2D eigenvalue weighted by Gasteiger charge is -2.23. The largest absolute Gasteiger partial charge is 0.411 e. The van der Waals surface area contributed by atoms with Crippen LogP contribution in [0.25, 0.3) is 0 Å². The van der Waals surface area contributed by atoms with Crippen molar-refractivity contribution >= 4 is 22.2 Å². The minimum Gasteiger partial charge on any atom is -0.411 e. The van der Waals surface area contributed by atoms with Gasteiger partial charge < -0.3 is 10.5 Å². The van der Waals surface area contributed by atoms with E-state index in [1.165, 1.54) is 19.3 Å². The second kappa shape index (κ2) is 3.48. The van der Waals surface area contributed by atoms with E-state index in [1.807, 2.05) is 5.38 Å². The third kappa shape index (κ3) is 1.42. The van der Waals surface area contributed by atoms with Crippen LogP contribution in [0.4, 0.5) is 5.13 Å². The molecule has 2 aliphatic rings. The van der Waals surface area contributed by atoms with Crippen molar-refractivity contribution in [2.45, 2.75) is 25.3 Å². The van der Waals surface area contributed by atoms with E-state index in [9.17, 15) is 0 Å². The number of hydrogen-bond donors (Lipinski definition) is 2. The SMILES string of the molecule is O/N=C1\[C@H]2CC[C@H](C2)[C@H]1Nc1nccs1. The fraction of sp³-hybridized carbons (Fsp3) is 0.600. The Kier molecular flexibility index (Phi) is 2.12. The highest BCUT2D eigenvalue weighted by atomic mass is 32.1. The third-order valence-electron chi connectivity index (χ3n) is 3.51. The first kappa shape index (κ1) is 9.15. The Labute approximate surface area is 92.0 Å². The van der Waals surface area contributed by atoms with Crippen LogP contribution in [-0.4, -0.2) is 21.9 Å². The summed E-state index contributed by atoms with van der Waals surface area (Å²) in [7, 11) is 0. The van der Waals surface area contributed by atoms with Gasteiger partial charge in [0, 0.05) is 17.5 Å². The highest BCUT2D eigenvalue weighted by Gasteiger charge is 2.45. The Balaban J connectivity index is 1.81. The minimum absolute atomic E-state index is 0.208. The summed E-state index contributed by atoms with van der Waals surface area (Å²) < 4.78 is 0. The van der Waals surface area contributed by atoms with Gasteiger partial charge in [0.15, 0.2) is 5.13 Å². The Morgan fingerprint density at radius 2 is 2.47 bits per heavy atom. The first-order valence-electron chi connectivity index (χ1n) is 5.26. The quantitative estimate of drug-likeness (QED) is 0.597. The number of aromatic nitrogens is 1. The molecule has 4 nitrogen and oxygen atoms in total. The van der Waals surface area contributed by atoms with E-state index in [-0.39, 0.29) is 6.04 Å². The molecule has 0 saturated heterocycles. The summed E-state index contributed by atoms with van der Waals surface area (Å²) in [6, 6.07) is 0.208. The summed E-state index contributed by atoms with van der Waals surface area (Å²) in [5.41, 5.74) is 0.932. The minimum atomic E-state index is 0.208. The maximum atomic E-state index is 9.02. The summed E-state index contributed by atoms with van der Waals surface area (Å²) in [5.74, 6) is 1.13. The monoisotopic (exact) mass is 223 g/mol. The van der Waals surface area contributed by atoms with Crippen LogP contribution in [0.5, 0.6) is 0 Å². The Hall–Kier alpha value is -1.10. The summed E-state index contributed by atoms with van der Waals surface area (Å²) in [5, 5.41) is 18.7. The molecule has 0 aromatic carbocycles. The number of anilines is 1. The second-order valence-electron chi connectivity index (χ2n) is 4.25. The van der Waals surface area contributed by atoms with Gasteiger partial charge in [-0.15, -0.1) is 11.3 Å². The van der Waals surface area contributed by atoms with Crippen LogP contribution >= 0.6 is 11.3 Å². The molecule has 2 bridgehead atoms. The molecule has 80 valence electrons. The fourth-order valence-electron chi connectivity index (χ4n) is 2.85. The molecule has 1 aromatic rings. The zero-order chi connectivity index (χ0) is 10.3. The van der Waals surface area contributed by atoms with Crippen molar-refractivity contribution in [3.8, 4) is 0 Å². The average molecular weight is 223 g/mol. The topological polar surface area (TPSA) is 57.5 Å². The smallest absolute Gasteiger partial charge is 0.183 e. The van der Waals surface area contributed by atoms with Crippen LogP contribution in [0.1, 0.15) is 19.3 Å². The number of oxime groups is 1. The number of hydrogen-bond acceptors (Lipinski definition) is 5. The first-order valence-corrected chi connectivity index (χ1v) is 6.14. The fourth-order valence-corrected chi connectivity index (χ4v) is 3.41. The summed E-state index contributed by atoms with van der Waals surface area (Å²) in [4.78, 5) is 4.20. The lowest BCUT2D eigenvalue weighted by molar-refractivity contribution is 0.312. The first-order chi connectivity index (χ1) is 7.38. The van der Waals surface area contributed by atoms with Crippen molar-refractivity contribution in [3.63, 3.8) is 0 Å². The van der Waals surface area contributed by atoms with Crippen LogP contribution in [0.15, 0.2) is 16.7 Å².